The molecule has 2 rings (SSSR count). The molecule has 0 saturated carbocycles. The van der Waals surface area contributed by atoms with E-state index >= 15 is 0 Å². The number of aromatic nitrogens is 2. The molecule has 0 atom stereocenters. The molecule has 2 heterocycles. The summed E-state index contributed by atoms with van der Waals surface area (Å²) in [5.74, 6) is 1.01. The summed E-state index contributed by atoms with van der Waals surface area (Å²) in [6.07, 6.45) is 3.62. The van der Waals surface area contributed by atoms with Gasteiger partial charge in [0.1, 0.15) is 12.0 Å². The Morgan fingerprint density at radius 1 is 1.41 bits per heavy atom. The van der Waals surface area contributed by atoms with Gasteiger partial charge in [-0.05, 0) is 26.7 Å². The number of anilines is 2. The van der Waals surface area contributed by atoms with Crippen LogP contribution in [-0.4, -0.2) is 29.2 Å². The zero-order valence-electron chi connectivity index (χ0n) is 10.2. The molecule has 2 N–H and O–H groups in total. The first kappa shape index (κ1) is 11.9. The third-order valence-corrected chi connectivity index (χ3v) is 2.41. The summed E-state index contributed by atoms with van der Waals surface area (Å²) >= 11 is 0. The summed E-state index contributed by atoms with van der Waals surface area (Å²) in [6, 6.07) is 0. The number of nitrogens with zero attached hydrogens (tertiary/aromatic N) is 3. The molecule has 17 heavy (non-hydrogen) atoms. The topological polar surface area (TPSA) is 73.5 Å². The molecule has 0 spiro atoms. The molecule has 0 aliphatic carbocycles. The lowest BCUT2D eigenvalue weighted by atomic mass is 10.3. The first-order valence-electron chi connectivity index (χ1n) is 5.86. The van der Waals surface area contributed by atoms with Crippen molar-refractivity contribution in [3.63, 3.8) is 0 Å². The average molecular weight is 238 g/mol. The fourth-order valence-corrected chi connectivity index (χ4v) is 1.65. The molecule has 0 unspecified atom stereocenters. The van der Waals surface area contributed by atoms with Crippen LogP contribution in [0.4, 0.5) is 11.5 Å². The van der Waals surface area contributed by atoms with Crippen molar-refractivity contribution in [3.8, 4) is 5.88 Å². The number of nitrogen functional groups attached to an aromatic ring is 1. The number of rotatable bonds is 3. The van der Waals surface area contributed by atoms with Gasteiger partial charge in [0.25, 0.3) is 0 Å². The number of ether oxygens (including phenoxy) is 1. The number of nitrogens with two attached hydrogens (primary N) is 1. The number of hydrogen-bond donors (Lipinski definition) is 1. The summed E-state index contributed by atoms with van der Waals surface area (Å²) in [7, 11) is 0. The van der Waals surface area contributed by atoms with Crippen LogP contribution in [0.1, 0.15) is 26.7 Å². The largest absolute Gasteiger partial charge is 0.473 e. The minimum atomic E-state index is 0.0299. The van der Waals surface area contributed by atoms with Gasteiger partial charge in [-0.1, -0.05) is 0 Å². The second kappa shape index (κ2) is 5.18. The molecular weight excluding hydrogens is 220 g/mol. The van der Waals surface area contributed by atoms with Crippen LogP contribution in [0.15, 0.2) is 6.33 Å². The van der Waals surface area contributed by atoms with Gasteiger partial charge in [0.15, 0.2) is 5.82 Å². The van der Waals surface area contributed by atoms with Crippen LogP contribution < -0.4 is 15.5 Å². The van der Waals surface area contributed by atoms with E-state index in [1.807, 2.05) is 13.8 Å². The summed E-state index contributed by atoms with van der Waals surface area (Å²) in [6.45, 7) is 5.35. The molecule has 1 saturated heterocycles. The fraction of sp³-hybridized carbons (Fsp3) is 0.636. The Labute approximate surface area is 101 Å². The normalized spacial score (nSPS) is 16.3. The predicted octanol–water partition coefficient (Wildman–Crippen LogP) is 1.38. The van der Waals surface area contributed by atoms with Gasteiger partial charge < -0.3 is 10.5 Å². The highest BCUT2D eigenvalue weighted by Gasteiger charge is 2.19. The van der Waals surface area contributed by atoms with Crippen molar-refractivity contribution < 1.29 is 9.57 Å². The van der Waals surface area contributed by atoms with Crippen molar-refractivity contribution in [2.45, 2.75) is 32.8 Å². The summed E-state index contributed by atoms with van der Waals surface area (Å²) in [4.78, 5) is 13.7. The quantitative estimate of drug-likeness (QED) is 0.857. The fourth-order valence-electron chi connectivity index (χ4n) is 1.65. The van der Waals surface area contributed by atoms with Crippen molar-refractivity contribution in [2.75, 3.05) is 23.9 Å². The van der Waals surface area contributed by atoms with Crippen molar-refractivity contribution in [3.05, 3.63) is 6.33 Å². The van der Waals surface area contributed by atoms with Crippen LogP contribution in [0.2, 0.25) is 0 Å². The first-order chi connectivity index (χ1) is 8.18. The smallest absolute Gasteiger partial charge is 0.242 e. The molecule has 1 aliphatic rings. The summed E-state index contributed by atoms with van der Waals surface area (Å²) in [5.41, 5.74) is 6.42. The molecule has 6 nitrogen and oxygen atoms in total. The third-order valence-electron chi connectivity index (χ3n) is 2.41. The van der Waals surface area contributed by atoms with Crippen LogP contribution in [0, 0.1) is 0 Å². The van der Waals surface area contributed by atoms with Crippen LogP contribution >= 0.6 is 0 Å². The molecule has 0 amide bonds. The Morgan fingerprint density at radius 2 is 2.24 bits per heavy atom. The lowest BCUT2D eigenvalue weighted by Crippen LogP contribution is -2.31. The first-order valence-corrected chi connectivity index (χ1v) is 5.86. The molecule has 1 aromatic rings. The molecular formula is C11H18N4O2. The van der Waals surface area contributed by atoms with Gasteiger partial charge >= 0.3 is 0 Å². The van der Waals surface area contributed by atoms with E-state index in [-0.39, 0.29) is 6.10 Å². The van der Waals surface area contributed by atoms with Crippen molar-refractivity contribution in [1.82, 2.24) is 9.97 Å². The zero-order chi connectivity index (χ0) is 12.3. The van der Waals surface area contributed by atoms with Gasteiger partial charge in [0.05, 0.1) is 12.7 Å². The Kier molecular flexibility index (Phi) is 3.63. The molecule has 0 bridgehead atoms. The van der Waals surface area contributed by atoms with E-state index in [9.17, 15) is 0 Å². The monoisotopic (exact) mass is 238 g/mol. The number of hydrogen-bond acceptors (Lipinski definition) is 6. The maximum atomic E-state index is 5.99. The minimum Gasteiger partial charge on any atom is -0.473 e. The second-order valence-corrected chi connectivity index (χ2v) is 4.23. The Hall–Kier alpha value is -1.56. The van der Waals surface area contributed by atoms with Crippen molar-refractivity contribution in [2.24, 2.45) is 0 Å². The van der Waals surface area contributed by atoms with Gasteiger partial charge in [-0.15, -0.1) is 0 Å². The molecule has 1 fully saturated rings. The van der Waals surface area contributed by atoms with Crippen LogP contribution in [0.25, 0.3) is 0 Å². The van der Waals surface area contributed by atoms with Gasteiger partial charge in [-0.2, -0.15) is 4.98 Å². The highest BCUT2D eigenvalue weighted by Crippen LogP contribution is 2.29. The zero-order valence-corrected chi connectivity index (χ0v) is 10.2. The van der Waals surface area contributed by atoms with Crippen molar-refractivity contribution >= 4 is 11.5 Å². The molecule has 0 aromatic carbocycles. The molecule has 94 valence electrons. The van der Waals surface area contributed by atoms with Crippen molar-refractivity contribution in [1.29, 1.82) is 0 Å². The van der Waals surface area contributed by atoms with Crippen LogP contribution in [-0.2, 0) is 4.84 Å². The maximum Gasteiger partial charge on any atom is 0.242 e. The van der Waals surface area contributed by atoms with Gasteiger partial charge in [0.2, 0.25) is 5.88 Å². The Morgan fingerprint density at radius 3 is 2.88 bits per heavy atom. The Bertz CT molecular complexity index is 378. The molecule has 1 aromatic heterocycles. The van der Waals surface area contributed by atoms with E-state index in [0.29, 0.717) is 24.0 Å². The van der Waals surface area contributed by atoms with E-state index in [1.165, 1.54) is 6.33 Å². The Balaban J connectivity index is 2.21. The van der Waals surface area contributed by atoms with Crippen LogP contribution in [0.5, 0.6) is 5.88 Å². The standard InChI is InChI=1S/C11H18N4O2/c1-8(2)17-11-9(12)10(13-7-14-11)15-5-3-4-6-16-15/h7-8H,3-6,12H2,1-2H3. The highest BCUT2D eigenvalue weighted by molar-refractivity contribution is 5.66. The van der Waals surface area contributed by atoms with E-state index < -0.39 is 0 Å². The number of hydroxylamine groups is 1. The SMILES string of the molecule is CC(C)Oc1ncnc(N2CCCCO2)c1N. The molecule has 6 heteroatoms. The van der Waals surface area contributed by atoms with E-state index in [2.05, 4.69) is 9.97 Å². The third kappa shape index (κ3) is 2.76. The summed E-state index contributed by atoms with van der Waals surface area (Å²) in [5, 5.41) is 1.72. The van der Waals surface area contributed by atoms with Gasteiger partial charge in [-0.25, -0.2) is 10.0 Å². The predicted molar refractivity (Wildman–Crippen MR) is 64.7 cm³/mol. The summed E-state index contributed by atoms with van der Waals surface area (Å²) < 4.78 is 5.52. The van der Waals surface area contributed by atoms with E-state index in [4.69, 9.17) is 15.3 Å². The second-order valence-electron chi connectivity index (χ2n) is 4.23. The lowest BCUT2D eigenvalue weighted by molar-refractivity contribution is 0.0762. The minimum absolute atomic E-state index is 0.0299. The van der Waals surface area contributed by atoms with Crippen LogP contribution in [0.3, 0.4) is 0 Å². The average Bonchev–Trinajstić information content (AvgIpc) is 2.32. The highest BCUT2D eigenvalue weighted by atomic mass is 16.7. The molecule has 1 aliphatic heterocycles. The van der Waals surface area contributed by atoms with E-state index in [1.54, 1.807) is 5.06 Å². The molecule has 0 radical (unpaired) electrons. The lowest BCUT2D eigenvalue weighted by Gasteiger charge is -2.27. The van der Waals surface area contributed by atoms with Gasteiger partial charge in [0, 0.05) is 6.54 Å². The van der Waals surface area contributed by atoms with E-state index in [0.717, 1.165) is 19.4 Å². The maximum absolute atomic E-state index is 5.99. The van der Waals surface area contributed by atoms with Gasteiger partial charge in [-0.3, -0.25) is 4.84 Å².